The number of anilines is 2. The molecule has 116 valence electrons. The largest absolute Gasteiger partial charge is 0.490 e. The summed E-state index contributed by atoms with van der Waals surface area (Å²) in [6.07, 6.45) is 0.701. The third kappa shape index (κ3) is 2.42. The first-order valence-corrected chi connectivity index (χ1v) is 7.42. The van der Waals surface area contributed by atoms with Gasteiger partial charge in [-0.2, -0.15) is 4.98 Å². The average Bonchev–Trinajstić information content (AvgIpc) is 2.56. The zero-order valence-electron chi connectivity index (χ0n) is 12.3. The molecule has 4 rings (SSSR count). The number of benzene rings is 2. The van der Waals surface area contributed by atoms with Gasteiger partial charge in [0.05, 0.1) is 18.2 Å². The minimum absolute atomic E-state index is 0.116. The number of nitrogens with two attached hydrogens (primary N) is 1. The van der Waals surface area contributed by atoms with Crippen LogP contribution in [0, 0.1) is 5.82 Å². The molecule has 0 fully saturated rings. The second-order valence-corrected chi connectivity index (χ2v) is 5.44. The Balaban J connectivity index is 1.71. The first-order chi connectivity index (χ1) is 11.2. The Morgan fingerprint density at radius 2 is 2.00 bits per heavy atom. The predicted molar refractivity (Wildman–Crippen MR) is 86.8 cm³/mol. The van der Waals surface area contributed by atoms with Gasteiger partial charge in [0.15, 0.2) is 11.6 Å². The van der Waals surface area contributed by atoms with Crippen molar-refractivity contribution in [2.45, 2.75) is 12.5 Å². The molecular weight excluding hydrogens is 295 g/mol. The van der Waals surface area contributed by atoms with Gasteiger partial charge in [0, 0.05) is 17.4 Å². The van der Waals surface area contributed by atoms with E-state index in [-0.39, 0.29) is 11.9 Å². The van der Waals surface area contributed by atoms with E-state index in [1.807, 2.05) is 30.3 Å². The SMILES string of the molecule is Nc1nc(N[C@H]2CCOc3c(F)cccc32)nc2ccccc12. The van der Waals surface area contributed by atoms with Crippen molar-refractivity contribution in [3.05, 3.63) is 53.8 Å². The van der Waals surface area contributed by atoms with Crippen LogP contribution in [0.2, 0.25) is 0 Å². The molecule has 1 aliphatic heterocycles. The first kappa shape index (κ1) is 13.8. The highest BCUT2D eigenvalue weighted by Gasteiger charge is 2.24. The lowest BCUT2D eigenvalue weighted by molar-refractivity contribution is 0.260. The van der Waals surface area contributed by atoms with Crippen molar-refractivity contribution in [2.24, 2.45) is 0 Å². The quantitative estimate of drug-likeness (QED) is 0.760. The number of rotatable bonds is 2. The number of fused-ring (bicyclic) bond motifs is 2. The molecule has 0 unspecified atom stereocenters. The molecule has 0 amide bonds. The predicted octanol–water partition coefficient (Wildman–Crippen LogP) is 3.29. The van der Waals surface area contributed by atoms with Gasteiger partial charge in [-0.05, 0) is 18.2 Å². The van der Waals surface area contributed by atoms with E-state index in [1.165, 1.54) is 6.07 Å². The zero-order valence-corrected chi connectivity index (χ0v) is 12.3. The van der Waals surface area contributed by atoms with E-state index in [9.17, 15) is 4.39 Å². The number of halogens is 1. The number of ether oxygens (including phenoxy) is 1. The van der Waals surface area contributed by atoms with E-state index >= 15 is 0 Å². The Kier molecular flexibility index (Phi) is 3.22. The standard InChI is InChI=1S/C17H15FN4O/c18-12-6-3-5-10-14(8-9-23-15(10)12)21-17-20-13-7-2-1-4-11(13)16(19)22-17/h1-7,14H,8-9H2,(H3,19,20,21,22)/t14-/m0/s1. The highest BCUT2D eigenvalue weighted by atomic mass is 19.1. The monoisotopic (exact) mass is 310 g/mol. The number of aromatic nitrogens is 2. The Hall–Kier alpha value is -2.89. The van der Waals surface area contributed by atoms with Crippen molar-refractivity contribution < 1.29 is 9.13 Å². The third-order valence-electron chi connectivity index (χ3n) is 3.96. The molecule has 0 spiro atoms. The highest BCUT2D eigenvalue weighted by Crippen LogP contribution is 2.35. The van der Waals surface area contributed by atoms with Gasteiger partial charge in [0.2, 0.25) is 5.95 Å². The van der Waals surface area contributed by atoms with Crippen LogP contribution in [0.5, 0.6) is 5.75 Å². The molecule has 1 aliphatic rings. The van der Waals surface area contributed by atoms with Crippen LogP contribution >= 0.6 is 0 Å². The first-order valence-electron chi connectivity index (χ1n) is 7.42. The van der Waals surface area contributed by atoms with Crippen molar-refractivity contribution in [2.75, 3.05) is 17.7 Å². The molecule has 1 atom stereocenters. The molecule has 0 bridgehead atoms. The van der Waals surface area contributed by atoms with E-state index in [1.54, 1.807) is 6.07 Å². The van der Waals surface area contributed by atoms with Crippen LogP contribution in [0.1, 0.15) is 18.0 Å². The topological polar surface area (TPSA) is 73.1 Å². The normalized spacial score (nSPS) is 16.7. The van der Waals surface area contributed by atoms with Gasteiger partial charge in [-0.1, -0.05) is 24.3 Å². The second-order valence-electron chi connectivity index (χ2n) is 5.44. The molecule has 3 aromatic rings. The summed E-state index contributed by atoms with van der Waals surface area (Å²) in [7, 11) is 0. The summed E-state index contributed by atoms with van der Waals surface area (Å²) in [5, 5.41) is 4.06. The van der Waals surface area contributed by atoms with Crippen molar-refractivity contribution in [1.29, 1.82) is 0 Å². The molecular formula is C17H15FN4O. The molecule has 1 aromatic heterocycles. The van der Waals surface area contributed by atoms with Crippen LogP contribution < -0.4 is 15.8 Å². The van der Waals surface area contributed by atoms with Crippen molar-refractivity contribution in [3.8, 4) is 5.75 Å². The lowest BCUT2D eigenvalue weighted by Crippen LogP contribution is -2.22. The smallest absolute Gasteiger partial charge is 0.225 e. The summed E-state index contributed by atoms with van der Waals surface area (Å²) in [6, 6.07) is 12.4. The average molecular weight is 310 g/mol. The van der Waals surface area contributed by atoms with Crippen molar-refractivity contribution in [3.63, 3.8) is 0 Å². The maximum Gasteiger partial charge on any atom is 0.225 e. The number of hydrogen-bond acceptors (Lipinski definition) is 5. The maximum atomic E-state index is 13.9. The molecule has 23 heavy (non-hydrogen) atoms. The maximum absolute atomic E-state index is 13.9. The molecule has 2 aromatic carbocycles. The summed E-state index contributed by atoms with van der Waals surface area (Å²) in [6.45, 7) is 0.439. The molecule has 0 saturated heterocycles. The second kappa shape index (κ2) is 5.39. The van der Waals surface area contributed by atoms with Crippen LogP contribution in [0.25, 0.3) is 10.9 Å². The van der Waals surface area contributed by atoms with E-state index in [2.05, 4.69) is 15.3 Å². The molecule has 2 heterocycles. The van der Waals surface area contributed by atoms with Gasteiger partial charge < -0.3 is 15.8 Å². The fourth-order valence-electron chi connectivity index (χ4n) is 2.86. The van der Waals surface area contributed by atoms with E-state index in [0.717, 1.165) is 16.5 Å². The minimum atomic E-state index is -0.354. The molecule has 0 saturated carbocycles. The molecule has 3 N–H and O–H groups in total. The summed E-state index contributed by atoms with van der Waals surface area (Å²) in [5.74, 6) is 0.797. The summed E-state index contributed by atoms with van der Waals surface area (Å²) >= 11 is 0. The number of nitrogen functional groups attached to an aromatic ring is 1. The van der Waals surface area contributed by atoms with Gasteiger partial charge in [-0.3, -0.25) is 0 Å². The van der Waals surface area contributed by atoms with Crippen LogP contribution in [0.15, 0.2) is 42.5 Å². The zero-order chi connectivity index (χ0) is 15.8. The Morgan fingerprint density at radius 3 is 2.91 bits per heavy atom. The third-order valence-corrected chi connectivity index (χ3v) is 3.96. The summed E-state index contributed by atoms with van der Waals surface area (Å²) < 4.78 is 19.3. The molecule has 5 nitrogen and oxygen atoms in total. The fourth-order valence-corrected chi connectivity index (χ4v) is 2.86. The number of para-hydroxylation sites is 2. The van der Waals surface area contributed by atoms with Crippen LogP contribution in [-0.4, -0.2) is 16.6 Å². The van der Waals surface area contributed by atoms with E-state index < -0.39 is 0 Å². The van der Waals surface area contributed by atoms with Crippen LogP contribution in [-0.2, 0) is 0 Å². The summed E-state index contributed by atoms with van der Waals surface area (Å²) in [5.41, 5.74) is 7.55. The van der Waals surface area contributed by atoms with Crippen molar-refractivity contribution >= 4 is 22.7 Å². The van der Waals surface area contributed by atoms with Gasteiger partial charge in [-0.15, -0.1) is 0 Å². The number of hydrogen-bond donors (Lipinski definition) is 2. The van der Waals surface area contributed by atoms with E-state index in [0.29, 0.717) is 30.5 Å². The van der Waals surface area contributed by atoms with Gasteiger partial charge in [-0.25, -0.2) is 9.37 Å². The van der Waals surface area contributed by atoms with Gasteiger partial charge in [0.1, 0.15) is 5.82 Å². The highest BCUT2D eigenvalue weighted by molar-refractivity contribution is 5.88. The van der Waals surface area contributed by atoms with Crippen LogP contribution in [0.3, 0.4) is 0 Å². The Morgan fingerprint density at radius 1 is 1.13 bits per heavy atom. The van der Waals surface area contributed by atoms with E-state index in [4.69, 9.17) is 10.5 Å². The van der Waals surface area contributed by atoms with Gasteiger partial charge >= 0.3 is 0 Å². The Labute approximate surface area is 132 Å². The summed E-state index contributed by atoms with van der Waals surface area (Å²) in [4.78, 5) is 8.80. The minimum Gasteiger partial charge on any atom is -0.490 e. The van der Waals surface area contributed by atoms with Crippen LogP contribution in [0.4, 0.5) is 16.2 Å². The molecule has 0 radical (unpaired) electrons. The fraction of sp³-hybridized carbons (Fsp3) is 0.176. The molecule has 6 heteroatoms. The van der Waals surface area contributed by atoms with Crippen molar-refractivity contribution in [1.82, 2.24) is 9.97 Å². The number of nitrogens with zero attached hydrogens (tertiary/aromatic N) is 2. The lowest BCUT2D eigenvalue weighted by atomic mass is 10.0. The Bertz CT molecular complexity index is 884. The van der Waals surface area contributed by atoms with Gasteiger partial charge in [0.25, 0.3) is 0 Å². The molecule has 0 aliphatic carbocycles. The number of nitrogens with one attached hydrogen (secondary N) is 1. The lowest BCUT2D eigenvalue weighted by Gasteiger charge is -2.27.